The molecule has 0 radical (unpaired) electrons. The molecule has 2 heterocycles. The largest absolute Gasteiger partial charge is 0.486 e. The van der Waals surface area contributed by atoms with Crippen LogP contribution in [-0.4, -0.2) is 30.6 Å². The van der Waals surface area contributed by atoms with Crippen LogP contribution in [0.5, 0.6) is 11.5 Å². The Labute approximate surface area is 163 Å². The topological polar surface area (TPSA) is 63.7 Å². The highest BCUT2D eigenvalue weighted by Crippen LogP contribution is 2.33. The molecule has 1 aliphatic heterocycles. The molecule has 1 amide bonds. The Balaban J connectivity index is 1.55. The number of pyridine rings is 1. The van der Waals surface area contributed by atoms with E-state index in [1.807, 2.05) is 61.5 Å². The zero-order valence-electron chi connectivity index (χ0n) is 15.6. The smallest absolute Gasteiger partial charge is 0.276 e. The van der Waals surface area contributed by atoms with E-state index in [0.717, 1.165) is 22.8 Å². The number of anilines is 3. The molecule has 0 aliphatic carbocycles. The van der Waals surface area contributed by atoms with Crippen LogP contribution < -0.4 is 19.7 Å². The van der Waals surface area contributed by atoms with Crippen LogP contribution in [0.4, 0.5) is 17.1 Å². The van der Waals surface area contributed by atoms with Gasteiger partial charge in [0.2, 0.25) is 0 Å². The molecule has 0 unspecified atom stereocenters. The number of hydrogen-bond acceptors (Lipinski definition) is 5. The Hall–Kier alpha value is -3.54. The SMILES string of the molecule is CCN(C(=O)c1cc(Nc2ccc3c(c2)OCCO3)ccn1)c1ccccc1. The quantitative estimate of drug-likeness (QED) is 0.722. The normalized spacial score (nSPS) is 12.3. The second-order valence-corrected chi connectivity index (χ2v) is 6.30. The number of carbonyl (C=O) groups is 1. The molecule has 142 valence electrons. The van der Waals surface area contributed by atoms with Crippen molar-refractivity contribution in [1.29, 1.82) is 0 Å². The first-order valence-corrected chi connectivity index (χ1v) is 9.24. The van der Waals surface area contributed by atoms with Gasteiger partial charge in [0.25, 0.3) is 5.91 Å². The van der Waals surface area contributed by atoms with Crippen LogP contribution in [0.1, 0.15) is 17.4 Å². The van der Waals surface area contributed by atoms with E-state index in [0.29, 0.717) is 31.2 Å². The fraction of sp³-hybridized carbons (Fsp3) is 0.182. The van der Waals surface area contributed by atoms with Crippen molar-refractivity contribution in [3.05, 3.63) is 72.6 Å². The molecule has 0 saturated heterocycles. The summed E-state index contributed by atoms with van der Waals surface area (Å²) in [6.07, 6.45) is 1.63. The maximum Gasteiger partial charge on any atom is 0.276 e. The number of nitrogens with one attached hydrogen (secondary N) is 1. The number of fused-ring (bicyclic) bond motifs is 1. The number of amides is 1. The third-order valence-corrected chi connectivity index (χ3v) is 4.44. The molecule has 0 bridgehead atoms. The van der Waals surface area contributed by atoms with E-state index < -0.39 is 0 Å². The number of para-hydroxylation sites is 1. The first kappa shape index (κ1) is 17.9. The molecular weight excluding hydrogens is 354 g/mol. The lowest BCUT2D eigenvalue weighted by atomic mass is 10.2. The van der Waals surface area contributed by atoms with Crippen LogP contribution in [0.15, 0.2) is 66.9 Å². The third kappa shape index (κ3) is 3.76. The van der Waals surface area contributed by atoms with Crippen LogP contribution in [-0.2, 0) is 0 Å². The lowest BCUT2D eigenvalue weighted by Crippen LogP contribution is -2.31. The zero-order valence-corrected chi connectivity index (χ0v) is 15.6. The van der Waals surface area contributed by atoms with Crippen molar-refractivity contribution in [3.8, 4) is 11.5 Å². The maximum atomic E-state index is 13.0. The summed E-state index contributed by atoms with van der Waals surface area (Å²) in [6, 6.07) is 18.8. The van der Waals surface area contributed by atoms with Gasteiger partial charge in [0, 0.05) is 35.9 Å². The highest BCUT2D eigenvalue weighted by molar-refractivity contribution is 6.05. The maximum absolute atomic E-state index is 13.0. The summed E-state index contributed by atoms with van der Waals surface area (Å²) in [5.41, 5.74) is 2.86. The van der Waals surface area contributed by atoms with Gasteiger partial charge in [-0.3, -0.25) is 9.78 Å². The number of nitrogens with zero attached hydrogens (tertiary/aromatic N) is 2. The number of hydrogen-bond donors (Lipinski definition) is 1. The Kier molecular flexibility index (Phi) is 5.10. The van der Waals surface area contributed by atoms with Crippen molar-refractivity contribution >= 4 is 23.0 Å². The third-order valence-electron chi connectivity index (χ3n) is 4.44. The molecule has 1 aliphatic rings. The average molecular weight is 375 g/mol. The second-order valence-electron chi connectivity index (χ2n) is 6.30. The van der Waals surface area contributed by atoms with Crippen molar-refractivity contribution < 1.29 is 14.3 Å². The minimum Gasteiger partial charge on any atom is -0.486 e. The predicted molar refractivity (Wildman–Crippen MR) is 109 cm³/mol. The number of carbonyl (C=O) groups excluding carboxylic acids is 1. The van der Waals surface area contributed by atoms with E-state index in [1.165, 1.54) is 0 Å². The predicted octanol–water partition coefficient (Wildman–Crippen LogP) is 4.26. The number of aromatic nitrogens is 1. The molecule has 6 nitrogen and oxygen atoms in total. The monoisotopic (exact) mass is 375 g/mol. The van der Waals surface area contributed by atoms with Crippen molar-refractivity contribution in [3.63, 3.8) is 0 Å². The fourth-order valence-electron chi connectivity index (χ4n) is 3.10. The molecule has 1 aromatic heterocycles. The molecule has 0 spiro atoms. The number of benzene rings is 2. The van der Waals surface area contributed by atoms with E-state index in [2.05, 4.69) is 10.3 Å². The van der Waals surface area contributed by atoms with Crippen molar-refractivity contribution in [2.45, 2.75) is 6.92 Å². The van der Waals surface area contributed by atoms with Gasteiger partial charge in [0.15, 0.2) is 11.5 Å². The highest BCUT2D eigenvalue weighted by atomic mass is 16.6. The van der Waals surface area contributed by atoms with Gasteiger partial charge in [-0.1, -0.05) is 18.2 Å². The Bertz CT molecular complexity index is 976. The van der Waals surface area contributed by atoms with Gasteiger partial charge in [-0.2, -0.15) is 0 Å². The molecule has 0 atom stereocenters. The van der Waals surface area contributed by atoms with E-state index in [1.54, 1.807) is 17.2 Å². The van der Waals surface area contributed by atoms with Crippen LogP contribution in [0.3, 0.4) is 0 Å². The summed E-state index contributed by atoms with van der Waals surface area (Å²) >= 11 is 0. The summed E-state index contributed by atoms with van der Waals surface area (Å²) in [5, 5.41) is 3.30. The van der Waals surface area contributed by atoms with Crippen LogP contribution in [0.25, 0.3) is 0 Å². The molecule has 1 N–H and O–H groups in total. The van der Waals surface area contributed by atoms with E-state index >= 15 is 0 Å². The van der Waals surface area contributed by atoms with Crippen LogP contribution in [0, 0.1) is 0 Å². The Morgan fingerprint density at radius 3 is 2.54 bits per heavy atom. The molecule has 6 heteroatoms. The average Bonchev–Trinajstić information content (AvgIpc) is 2.75. The number of ether oxygens (including phenoxy) is 2. The molecule has 28 heavy (non-hydrogen) atoms. The van der Waals surface area contributed by atoms with Crippen molar-refractivity contribution in [2.24, 2.45) is 0 Å². The summed E-state index contributed by atoms with van der Waals surface area (Å²) in [7, 11) is 0. The molecule has 0 saturated carbocycles. The summed E-state index contributed by atoms with van der Waals surface area (Å²) in [6.45, 7) is 3.61. The van der Waals surface area contributed by atoms with Crippen LogP contribution >= 0.6 is 0 Å². The van der Waals surface area contributed by atoms with Crippen LogP contribution in [0.2, 0.25) is 0 Å². The molecular formula is C22H21N3O3. The standard InChI is InChI=1S/C22H21N3O3/c1-2-25(18-6-4-3-5-7-18)22(26)19-14-17(10-11-23-19)24-16-8-9-20-21(15-16)28-13-12-27-20/h3-11,14-15H,2,12-13H2,1H3,(H,23,24). The minimum absolute atomic E-state index is 0.139. The molecule has 4 rings (SSSR count). The van der Waals surface area contributed by atoms with Gasteiger partial charge in [-0.25, -0.2) is 0 Å². The molecule has 0 fully saturated rings. The summed E-state index contributed by atoms with van der Waals surface area (Å²) in [5.74, 6) is 1.31. The van der Waals surface area contributed by atoms with Gasteiger partial charge < -0.3 is 19.7 Å². The van der Waals surface area contributed by atoms with E-state index in [4.69, 9.17) is 9.47 Å². The van der Waals surface area contributed by atoms with Gasteiger partial charge in [0.1, 0.15) is 18.9 Å². The van der Waals surface area contributed by atoms with Crippen molar-refractivity contribution in [1.82, 2.24) is 4.98 Å². The Morgan fingerprint density at radius 2 is 1.75 bits per heavy atom. The molecule has 3 aromatic rings. The van der Waals surface area contributed by atoms with Crippen molar-refractivity contribution in [2.75, 3.05) is 30.0 Å². The molecule has 2 aromatic carbocycles. The second kappa shape index (κ2) is 8.00. The van der Waals surface area contributed by atoms with E-state index in [-0.39, 0.29) is 5.91 Å². The summed E-state index contributed by atoms with van der Waals surface area (Å²) < 4.78 is 11.2. The van der Waals surface area contributed by atoms with E-state index in [9.17, 15) is 4.79 Å². The van der Waals surface area contributed by atoms with Gasteiger partial charge in [-0.05, 0) is 43.3 Å². The highest BCUT2D eigenvalue weighted by Gasteiger charge is 2.18. The lowest BCUT2D eigenvalue weighted by molar-refractivity contribution is 0.0983. The number of rotatable bonds is 5. The van der Waals surface area contributed by atoms with Gasteiger partial charge in [-0.15, -0.1) is 0 Å². The first-order chi connectivity index (χ1) is 13.7. The lowest BCUT2D eigenvalue weighted by Gasteiger charge is -2.21. The minimum atomic E-state index is -0.139. The van der Waals surface area contributed by atoms with Gasteiger partial charge in [0.05, 0.1) is 0 Å². The zero-order chi connectivity index (χ0) is 19.3. The van der Waals surface area contributed by atoms with Gasteiger partial charge >= 0.3 is 0 Å². The Morgan fingerprint density at radius 1 is 1.00 bits per heavy atom. The fourth-order valence-corrected chi connectivity index (χ4v) is 3.10. The first-order valence-electron chi connectivity index (χ1n) is 9.24. The summed E-state index contributed by atoms with van der Waals surface area (Å²) in [4.78, 5) is 18.9.